The van der Waals surface area contributed by atoms with Gasteiger partial charge in [0, 0.05) is 10.2 Å². The van der Waals surface area contributed by atoms with Crippen molar-refractivity contribution in [2.75, 3.05) is 17.1 Å². The highest BCUT2D eigenvalue weighted by Gasteiger charge is 2.45. The zero-order valence-electron chi connectivity index (χ0n) is 18.3. The van der Waals surface area contributed by atoms with E-state index in [0.29, 0.717) is 0 Å². The molecule has 2 aromatic carbocycles. The molecule has 0 saturated heterocycles. The van der Waals surface area contributed by atoms with Crippen LogP contribution < -0.4 is 20.1 Å². The fourth-order valence-electron chi connectivity index (χ4n) is 2.74. The second-order valence-electron chi connectivity index (χ2n) is 8.23. The summed E-state index contributed by atoms with van der Waals surface area (Å²) in [5.74, 6) is -0.356. The van der Waals surface area contributed by atoms with Gasteiger partial charge in [-0.2, -0.15) is 0 Å². The molecule has 2 rings (SSSR count). The lowest BCUT2D eigenvalue weighted by Crippen LogP contribution is -2.62. The maximum Gasteiger partial charge on any atom is 0.405 e. The summed E-state index contributed by atoms with van der Waals surface area (Å²) in [4.78, 5) is 24.3. The van der Waals surface area contributed by atoms with Gasteiger partial charge in [0.2, 0.25) is 0 Å². The Kier molecular flexibility index (Phi) is 7.46. The SMILES string of the molecule is COc1ccc(NC(=O)[C@](C)(NC(=O)O)C(C)(C)C)cc1NS(=O)(=O)c1ccc(Br)cc1. The molecule has 4 N–H and O–H groups in total. The van der Waals surface area contributed by atoms with Gasteiger partial charge >= 0.3 is 6.09 Å². The number of amides is 2. The molecule has 0 aliphatic rings. The van der Waals surface area contributed by atoms with Crippen molar-refractivity contribution in [1.82, 2.24) is 5.32 Å². The van der Waals surface area contributed by atoms with Crippen LogP contribution in [0.2, 0.25) is 0 Å². The molecule has 0 unspecified atom stereocenters. The van der Waals surface area contributed by atoms with Crippen molar-refractivity contribution in [2.24, 2.45) is 5.41 Å². The second kappa shape index (κ2) is 9.37. The van der Waals surface area contributed by atoms with Crippen molar-refractivity contribution in [2.45, 2.75) is 38.1 Å². The van der Waals surface area contributed by atoms with Crippen LogP contribution in [0.1, 0.15) is 27.7 Å². The van der Waals surface area contributed by atoms with Gasteiger partial charge in [0.1, 0.15) is 11.3 Å². The summed E-state index contributed by atoms with van der Waals surface area (Å²) in [6, 6.07) is 10.5. The molecule has 1 atom stereocenters. The van der Waals surface area contributed by atoms with Crippen LogP contribution >= 0.6 is 15.9 Å². The highest BCUT2D eigenvalue weighted by atomic mass is 79.9. The molecule has 174 valence electrons. The Labute approximate surface area is 195 Å². The number of hydrogen-bond acceptors (Lipinski definition) is 5. The summed E-state index contributed by atoms with van der Waals surface area (Å²) in [7, 11) is -2.54. The number of methoxy groups -OCH3 is 1. The number of benzene rings is 2. The summed E-state index contributed by atoms with van der Waals surface area (Å²) in [6.07, 6.45) is -1.34. The van der Waals surface area contributed by atoms with Crippen LogP contribution in [0.25, 0.3) is 0 Å². The lowest BCUT2D eigenvalue weighted by atomic mass is 9.74. The Balaban J connectivity index is 2.38. The second-order valence-corrected chi connectivity index (χ2v) is 10.8. The van der Waals surface area contributed by atoms with Crippen molar-refractivity contribution < 1.29 is 27.9 Å². The van der Waals surface area contributed by atoms with Gasteiger partial charge in [-0.1, -0.05) is 36.7 Å². The van der Waals surface area contributed by atoms with Crippen molar-refractivity contribution in [3.63, 3.8) is 0 Å². The molecule has 0 aromatic heterocycles. The van der Waals surface area contributed by atoms with Crippen LogP contribution in [0.15, 0.2) is 51.8 Å². The molecule has 0 aliphatic carbocycles. The molecule has 2 amide bonds. The summed E-state index contributed by atoms with van der Waals surface area (Å²) >= 11 is 3.26. The average molecular weight is 528 g/mol. The number of carboxylic acid groups (broad SMARTS) is 1. The van der Waals surface area contributed by atoms with E-state index in [-0.39, 0.29) is 22.0 Å². The van der Waals surface area contributed by atoms with Crippen molar-refractivity contribution >= 4 is 49.3 Å². The standard InChI is InChI=1S/C21H26BrN3O6S/c1-20(2,3)21(4,24-19(27)28)18(26)23-14-8-11-17(31-5)16(12-14)25-32(29,30)15-9-6-13(22)7-10-15/h6-12,24-25H,1-5H3,(H,23,26)(H,27,28)/t21-/m0/s1. The van der Waals surface area contributed by atoms with E-state index in [1.165, 1.54) is 44.4 Å². The van der Waals surface area contributed by atoms with Crippen molar-refractivity contribution in [3.8, 4) is 5.75 Å². The molecule has 0 saturated carbocycles. The molecule has 0 aliphatic heterocycles. The third kappa shape index (κ3) is 5.71. The number of rotatable bonds is 7. The molecular formula is C21H26BrN3O6S. The van der Waals surface area contributed by atoms with Gasteiger partial charge in [-0.15, -0.1) is 0 Å². The first-order valence-corrected chi connectivity index (χ1v) is 11.8. The van der Waals surface area contributed by atoms with Gasteiger partial charge in [-0.05, 0) is 54.8 Å². The number of sulfonamides is 1. The molecule has 11 heteroatoms. The highest BCUT2D eigenvalue weighted by Crippen LogP contribution is 2.34. The third-order valence-electron chi connectivity index (χ3n) is 5.14. The molecule has 0 fully saturated rings. The molecule has 2 aromatic rings. The number of hydrogen-bond donors (Lipinski definition) is 4. The predicted molar refractivity (Wildman–Crippen MR) is 126 cm³/mol. The Hall–Kier alpha value is -2.79. The number of carbonyl (C=O) groups excluding carboxylic acids is 1. The van der Waals surface area contributed by atoms with Gasteiger partial charge in [-0.25, -0.2) is 13.2 Å². The normalized spacial score (nSPS) is 13.6. The number of halogens is 1. The summed E-state index contributed by atoms with van der Waals surface area (Å²) in [5, 5.41) is 14.1. The first kappa shape index (κ1) is 25.5. The van der Waals surface area contributed by atoms with Crippen LogP contribution in [0, 0.1) is 5.41 Å². The maximum absolute atomic E-state index is 13.0. The van der Waals surface area contributed by atoms with Crippen LogP contribution in [-0.4, -0.2) is 38.2 Å². The largest absolute Gasteiger partial charge is 0.495 e. The Morgan fingerprint density at radius 1 is 1.03 bits per heavy atom. The first-order chi connectivity index (χ1) is 14.7. The van der Waals surface area contributed by atoms with Gasteiger partial charge in [0.25, 0.3) is 15.9 Å². The van der Waals surface area contributed by atoms with E-state index in [0.717, 1.165) is 4.47 Å². The van der Waals surface area contributed by atoms with E-state index in [1.54, 1.807) is 32.9 Å². The zero-order valence-corrected chi connectivity index (χ0v) is 20.7. The quantitative estimate of drug-likeness (QED) is 0.424. The van der Waals surface area contributed by atoms with Gasteiger partial charge in [0.05, 0.1) is 17.7 Å². The van der Waals surface area contributed by atoms with E-state index >= 15 is 0 Å². The Bertz CT molecular complexity index is 1110. The lowest BCUT2D eigenvalue weighted by molar-refractivity contribution is -0.125. The smallest absolute Gasteiger partial charge is 0.405 e. The Morgan fingerprint density at radius 3 is 2.12 bits per heavy atom. The maximum atomic E-state index is 13.0. The third-order valence-corrected chi connectivity index (χ3v) is 7.05. The van der Waals surface area contributed by atoms with Crippen LogP contribution in [0.3, 0.4) is 0 Å². The number of nitrogens with one attached hydrogen (secondary N) is 3. The topological polar surface area (TPSA) is 134 Å². The average Bonchev–Trinajstić information content (AvgIpc) is 2.66. The molecule has 0 spiro atoms. The van der Waals surface area contributed by atoms with E-state index < -0.39 is 33.0 Å². The molecule has 0 radical (unpaired) electrons. The minimum Gasteiger partial charge on any atom is -0.495 e. The van der Waals surface area contributed by atoms with Gasteiger partial charge in [-0.3, -0.25) is 9.52 Å². The van der Waals surface area contributed by atoms with Crippen LogP contribution in [0.4, 0.5) is 16.2 Å². The predicted octanol–water partition coefficient (Wildman–Crippen LogP) is 4.27. The highest BCUT2D eigenvalue weighted by molar-refractivity contribution is 9.10. The van der Waals surface area contributed by atoms with Crippen molar-refractivity contribution in [1.29, 1.82) is 0 Å². The fraction of sp³-hybridized carbons (Fsp3) is 0.333. The first-order valence-electron chi connectivity index (χ1n) is 9.48. The molecule has 0 heterocycles. The van der Waals surface area contributed by atoms with E-state index in [1.807, 2.05) is 0 Å². The van der Waals surface area contributed by atoms with Crippen LogP contribution in [-0.2, 0) is 14.8 Å². The summed E-state index contributed by atoms with van der Waals surface area (Å²) in [5.41, 5.74) is -1.85. The Morgan fingerprint density at radius 2 is 1.62 bits per heavy atom. The van der Waals surface area contributed by atoms with Gasteiger partial charge < -0.3 is 20.5 Å². The minimum absolute atomic E-state index is 0.0446. The number of anilines is 2. The van der Waals surface area contributed by atoms with E-state index in [2.05, 4.69) is 31.3 Å². The molecule has 0 bridgehead atoms. The van der Waals surface area contributed by atoms with E-state index in [9.17, 15) is 23.1 Å². The van der Waals surface area contributed by atoms with E-state index in [4.69, 9.17) is 4.74 Å². The lowest BCUT2D eigenvalue weighted by Gasteiger charge is -2.40. The van der Waals surface area contributed by atoms with Crippen molar-refractivity contribution in [3.05, 3.63) is 46.9 Å². The van der Waals surface area contributed by atoms with Crippen LogP contribution in [0.5, 0.6) is 5.75 Å². The monoisotopic (exact) mass is 527 g/mol. The fourth-order valence-corrected chi connectivity index (χ4v) is 4.06. The minimum atomic E-state index is -3.93. The molecular weight excluding hydrogens is 502 g/mol. The molecule has 32 heavy (non-hydrogen) atoms. The number of ether oxygens (including phenoxy) is 1. The number of carbonyl (C=O) groups is 2. The zero-order chi connectivity index (χ0) is 24.3. The summed E-state index contributed by atoms with van der Waals surface area (Å²) < 4.78 is 34.0. The summed E-state index contributed by atoms with van der Waals surface area (Å²) in [6.45, 7) is 6.67. The van der Waals surface area contributed by atoms with Gasteiger partial charge in [0.15, 0.2) is 0 Å². The molecule has 9 nitrogen and oxygen atoms in total.